The molecule has 0 aliphatic heterocycles. The number of anilines is 1. The average molecular weight is 284 g/mol. The number of carbonyl (C=O) groups is 1. The molecule has 4 nitrogen and oxygen atoms in total. The van der Waals surface area contributed by atoms with E-state index in [1.165, 1.54) is 0 Å². The minimum absolute atomic E-state index is 0.0907. The third-order valence-corrected chi connectivity index (χ3v) is 3.48. The molecule has 0 spiro atoms. The summed E-state index contributed by atoms with van der Waals surface area (Å²) in [7, 11) is 0. The van der Waals surface area contributed by atoms with E-state index in [9.17, 15) is 18.7 Å². The number of aliphatic hydroxyl groups is 1. The molecule has 110 valence electrons. The summed E-state index contributed by atoms with van der Waals surface area (Å²) < 4.78 is 26.2. The number of rotatable bonds is 2. The molecular formula is C14H18F2N2O2. The van der Waals surface area contributed by atoms with Gasteiger partial charge in [0.2, 0.25) is 0 Å². The van der Waals surface area contributed by atoms with E-state index >= 15 is 0 Å². The van der Waals surface area contributed by atoms with Gasteiger partial charge < -0.3 is 15.7 Å². The molecule has 6 heteroatoms. The van der Waals surface area contributed by atoms with Gasteiger partial charge in [-0.3, -0.25) is 0 Å². The fourth-order valence-electron chi connectivity index (χ4n) is 2.37. The van der Waals surface area contributed by atoms with Gasteiger partial charge in [-0.05, 0) is 25.0 Å². The molecule has 1 aromatic carbocycles. The highest BCUT2D eigenvalue weighted by Crippen LogP contribution is 2.19. The van der Waals surface area contributed by atoms with Crippen LogP contribution in [0.5, 0.6) is 0 Å². The lowest BCUT2D eigenvalue weighted by atomic mass is 10.1. The molecule has 1 aliphatic rings. The number of urea groups is 1. The van der Waals surface area contributed by atoms with Gasteiger partial charge in [-0.25, -0.2) is 13.6 Å². The fraction of sp³-hybridized carbons (Fsp3) is 0.500. The predicted octanol–water partition coefficient (Wildman–Crippen LogP) is 2.78. The van der Waals surface area contributed by atoms with Crippen LogP contribution < -0.4 is 10.6 Å². The smallest absolute Gasteiger partial charge is 0.319 e. The van der Waals surface area contributed by atoms with Gasteiger partial charge >= 0.3 is 6.03 Å². The number of hydrogen-bond acceptors (Lipinski definition) is 2. The molecule has 0 bridgehead atoms. The van der Waals surface area contributed by atoms with E-state index in [0.29, 0.717) is 18.9 Å². The van der Waals surface area contributed by atoms with Crippen LogP contribution in [0.2, 0.25) is 0 Å². The average Bonchev–Trinajstić information content (AvgIpc) is 2.59. The first-order valence-corrected chi connectivity index (χ1v) is 6.77. The summed E-state index contributed by atoms with van der Waals surface area (Å²) in [6, 6.07) is 2.01. The van der Waals surface area contributed by atoms with E-state index in [1.807, 2.05) is 0 Å². The molecular weight excluding hydrogens is 266 g/mol. The van der Waals surface area contributed by atoms with Gasteiger partial charge in [0.05, 0.1) is 17.8 Å². The Morgan fingerprint density at radius 2 is 1.95 bits per heavy atom. The number of halogens is 2. The normalized spacial score (nSPS) is 22.9. The van der Waals surface area contributed by atoms with Crippen molar-refractivity contribution >= 4 is 11.7 Å². The second-order valence-corrected chi connectivity index (χ2v) is 5.03. The first kappa shape index (κ1) is 14.7. The van der Waals surface area contributed by atoms with Crippen LogP contribution in [0, 0.1) is 11.6 Å². The van der Waals surface area contributed by atoms with Crippen molar-refractivity contribution in [2.24, 2.45) is 0 Å². The Bertz CT molecular complexity index is 482. The molecule has 0 saturated heterocycles. The number of benzene rings is 1. The van der Waals surface area contributed by atoms with E-state index in [-0.39, 0.29) is 11.7 Å². The summed E-state index contributed by atoms with van der Waals surface area (Å²) in [6.45, 7) is 0. The highest BCUT2D eigenvalue weighted by atomic mass is 19.1. The Morgan fingerprint density at radius 3 is 2.70 bits per heavy atom. The molecule has 3 N–H and O–H groups in total. The highest BCUT2D eigenvalue weighted by molar-refractivity contribution is 5.89. The second-order valence-electron chi connectivity index (χ2n) is 5.03. The van der Waals surface area contributed by atoms with Crippen molar-refractivity contribution in [3.8, 4) is 0 Å². The van der Waals surface area contributed by atoms with Crippen LogP contribution in [0.15, 0.2) is 18.2 Å². The molecule has 1 aromatic rings. The summed E-state index contributed by atoms with van der Waals surface area (Å²) >= 11 is 0. The van der Waals surface area contributed by atoms with Crippen molar-refractivity contribution in [3.63, 3.8) is 0 Å². The van der Waals surface area contributed by atoms with E-state index < -0.39 is 23.8 Å². The summed E-state index contributed by atoms with van der Waals surface area (Å²) in [6.07, 6.45) is 3.67. The quantitative estimate of drug-likeness (QED) is 0.731. The molecule has 2 amide bonds. The Balaban J connectivity index is 1.94. The van der Waals surface area contributed by atoms with Gasteiger partial charge in [-0.15, -0.1) is 0 Å². The number of amides is 2. The summed E-state index contributed by atoms with van der Waals surface area (Å²) in [5.41, 5.74) is -0.0907. The molecule has 2 rings (SSSR count). The maximum Gasteiger partial charge on any atom is 0.319 e. The van der Waals surface area contributed by atoms with Crippen LogP contribution in [0.1, 0.15) is 32.1 Å². The van der Waals surface area contributed by atoms with Gasteiger partial charge in [0.1, 0.15) is 11.6 Å². The molecule has 1 fully saturated rings. The SMILES string of the molecule is O=C(Nc1ccc(F)cc1F)NC1CCCCCC1O. The molecule has 1 saturated carbocycles. The number of carbonyl (C=O) groups excluding carboxylic acids is 1. The first-order chi connectivity index (χ1) is 9.56. The second kappa shape index (κ2) is 6.65. The summed E-state index contributed by atoms with van der Waals surface area (Å²) in [4.78, 5) is 11.8. The molecule has 0 radical (unpaired) electrons. The van der Waals surface area contributed by atoms with Gasteiger partial charge in [0.15, 0.2) is 0 Å². The van der Waals surface area contributed by atoms with Crippen molar-refractivity contribution in [1.82, 2.24) is 5.32 Å². The minimum Gasteiger partial charge on any atom is -0.391 e. The zero-order chi connectivity index (χ0) is 14.5. The molecule has 20 heavy (non-hydrogen) atoms. The molecule has 0 heterocycles. The number of nitrogens with one attached hydrogen (secondary N) is 2. The van der Waals surface area contributed by atoms with Gasteiger partial charge in [0, 0.05) is 6.07 Å². The van der Waals surface area contributed by atoms with Crippen molar-refractivity contribution in [1.29, 1.82) is 0 Å². The standard InChI is InChI=1S/C14H18F2N2O2/c15-9-6-7-11(10(16)8-9)17-14(20)18-12-4-2-1-3-5-13(12)19/h6-8,12-13,19H,1-5H2,(H2,17,18,20). The topological polar surface area (TPSA) is 61.4 Å². The molecule has 2 atom stereocenters. The van der Waals surface area contributed by atoms with E-state index in [2.05, 4.69) is 10.6 Å². The zero-order valence-electron chi connectivity index (χ0n) is 11.0. The van der Waals surface area contributed by atoms with Crippen molar-refractivity contribution in [2.45, 2.75) is 44.2 Å². The molecule has 0 aromatic heterocycles. The Morgan fingerprint density at radius 1 is 1.20 bits per heavy atom. The van der Waals surface area contributed by atoms with Crippen molar-refractivity contribution in [3.05, 3.63) is 29.8 Å². The third-order valence-electron chi connectivity index (χ3n) is 3.48. The fourth-order valence-corrected chi connectivity index (χ4v) is 2.37. The maximum absolute atomic E-state index is 13.4. The molecule has 2 unspecified atom stereocenters. The lowest BCUT2D eigenvalue weighted by Crippen LogP contribution is -2.44. The van der Waals surface area contributed by atoms with Crippen LogP contribution in [0.3, 0.4) is 0 Å². The molecule has 1 aliphatic carbocycles. The van der Waals surface area contributed by atoms with Crippen LogP contribution in [0.4, 0.5) is 19.3 Å². The van der Waals surface area contributed by atoms with Gasteiger partial charge in [0.25, 0.3) is 0 Å². The van der Waals surface area contributed by atoms with Crippen molar-refractivity contribution in [2.75, 3.05) is 5.32 Å². The highest BCUT2D eigenvalue weighted by Gasteiger charge is 2.23. The van der Waals surface area contributed by atoms with Crippen LogP contribution >= 0.6 is 0 Å². The summed E-state index contributed by atoms with van der Waals surface area (Å²) in [5.74, 6) is -1.53. The number of hydrogen-bond donors (Lipinski definition) is 3. The lowest BCUT2D eigenvalue weighted by Gasteiger charge is -2.22. The Kier molecular flexibility index (Phi) is 4.89. The van der Waals surface area contributed by atoms with Gasteiger partial charge in [-0.1, -0.05) is 19.3 Å². The van der Waals surface area contributed by atoms with Gasteiger partial charge in [-0.2, -0.15) is 0 Å². The van der Waals surface area contributed by atoms with E-state index in [4.69, 9.17) is 0 Å². The lowest BCUT2D eigenvalue weighted by molar-refractivity contribution is 0.124. The number of aliphatic hydroxyl groups excluding tert-OH is 1. The van der Waals surface area contributed by atoms with Crippen LogP contribution in [-0.2, 0) is 0 Å². The van der Waals surface area contributed by atoms with Crippen molar-refractivity contribution < 1.29 is 18.7 Å². The van der Waals surface area contributed by atoms with E-state index in [1.54, 1.807) is 0 Å². The zero-order valence-corrected chi connectivity index (χ0v) is 11.0. The monoisotopic (exact) mass is 284 g/mol. The Labute approximate surface area is 116 Å². The largest absolute Gasteiger partial charge is 0.391 e. The van der Waals surface area contributed by atoms with Crippen LogP contribution in [0.25, 0.3) is 0 Å². The third kappa shape index (κ3) is 3.90. The first-order valence-electron chi connectivity index (χ1n) is 6.77. The summed E-state index contributed by atoms with van der Waals surface area (Å²) in [5, 5.41) is 14.9. The minimum atomic E-state index is -0.832. The maximum atomic E-state index is 13.4. The van der Waals surface area contributed by atoms with Crippen LogP contribution in [-0.4, -0.2) is 23.3 Å². The predicted molar refractivity (Wildman–Crippen MR) is 71.4 cm³/mol. The van der Waals surface area contributed by atoms with E-state index in [0.717, 1.165) is 31.4 Å². The Hall–Kier alpha value is -1.69.